The third kappa shape index (κ3) is 3.38. The summed E-state index contributed by atoms with van der Waals surface area (Å²) in [4.78, 5) is 26.7. The number of Topliss-reactive ketones (excluding diaryl/α,β-unsaturated/α-hetero) is 1. The maximum Gasteiger partial charge on any atom is 0.270 e. The van der Waals surface area contributed by atoms with Crippen LogP contribution in [0, 0.1) is 17.9 Å². The van der Waals surface area contributed by atoms with Crippen LogP contribution in [0.2, 0.25) is 0 Å². The highest BCUT2D eigenvalue weighted by molar-refractivity contribution is 6.29. The Kier molecular flexibility index (Phi) is 5.11. The van der Waals surface area contributed by atoms with Gasteiger partial charge in [0, 0.05) is 35.0 Å². The van der Waals surface area contributed by atoms with Gasteiger partial charge in [-0.15, -0.1) is 0 Å². The second kappa shape index (κ2) is 8.60. The summed E-state index contributed by atoms with van der Waals surface area (Å²) in [5.74, 6) is 1.01. The summed E-state index contributed by atoms with van der Waals surface area (Å²) in [5, 5.41) is 9.68. The van der Waals surface area contributed by atoms with Crippen LogP contribution in [-0.2, 0) is 7.05 Å². The van der Waals surface area contributed by atoms with Crippen molar-refractivity contribution >= 4 is 28.7 Å². The third-order valence-corrected chi connectivity index (χ3v) is 6.44. The molecule has 1 aliphatic rings. The van der Waals surface area contributed by atoms with Crippen molar-refractivity contribution < 1.29 is 4.79 Å². The number of allylic oxidation sites excluding steroid dienone is 3. The van der Waals surface area contributed by atoms with Crippen LogP contribution in [0.15, 0.2) is 96.2 Å². The molecule has 37 heavy (non-hydrogen) atoms. The molecule has 0 amide bonds. The zero-order valence-electron chi connectivity index (χ0n) is 19.8. The minimum Gasteiger partial charge on any atom is -0.310 e. The Hall–Kier alpha value is -5.53. The van der Waals surface area contributed by atoms with E-state index in [4.69, 9.17) is 16.5 Å². The molecule has 7 heteroatoms. The zero-order valence-corrected chi connectivity index (χ0v) is 19.8. The van der Waals surface area contributed by atoms with Gasteiger partial charge in [-0.1, -0.05) is 72.8 Å². The summed E-state index contributed by atoms with van der Waals surface area (Å²) in [5.41, 5.74) is 4.60. The van der Waals surface area contributed by atoms with E-state index in [2.05, 4.69) is 4.85 Å². The van der Waals surface area contributed by atoms with E-state index in [1.807, 2.05) is 82.9 Å². The average molecular weight is 479 g/mol. The summed E-state index contributed by atoms with van der Waals surface area (Å²) in [6, 6.07) is 28.6. The van der Waals surface area contributed by atoms with Gasteiger partial charge in [0.15, 0.2) is 17.1 Å². The number of nitrogens with zero attached hydrogens (tertiary/aromatic N) is 6. The normalized spacial score (nSPS) is 15.0. The second-order valence-electron chi connectivity index (χ2n) is 8.53. The quantitative estimate of drug-likeness (QED) is 0.185. The SMILES string of the molecule is [C-]#[N+]/C(C#N)=C1\C(=C\c2nc3c(nc(-c4ccccc4)n3C)n2-c2ccccc2)C(=O)c2ccccc21. The van der Waals surface area contributed by atoms with Crippen LogP contribution in [-0.4, -0.2) is 24.9 Å². The van der Waals surface area contributed by atoms with Crippen LogP contribution in [0.4, 0.5) is 0 Å². The topological polar surface area (TPSA) is 80.9 Å². The van der Waals surface area contributed by atoms with E-state index in [0.717, 1.165) is 17.1 Å². The van der Waals surface area contributed by atoms with Gasteiger partial charge < -0.3 is 4.57 Å². The molecule has 0 bridgehead atoms. The van der Waals surface area contributed by atoms with Crippen LogP contribution in [0.5, 0.6) is 0 Å². The molecule has 5 aromatic rings. The Morgan fingerprint density at radius 3 is 2.24 bits per heavy atom. The fraction of sp³-hybridized carbons (Fsp3) is 0.0333. The van der Waals surface area contributed by atoms with Gasteiger partial charge in [0.05, 0.1) is 12.6 Å². The fourth-order valence-electron chi connectivity index (χ4n) is 4.75. The lowest BCUT2D eigenvalue weighted by atomic mass is 10.0. The molecule has 0 saturated carbocycles. The molecular weight excluding hydrogens is 460 g/mol. The molecule has 0 atom stereocenters. The lowest BCUT2D eigenvalue weighted by molar-refractivity contribution is 0.104. The number of ketones is 1. The lowest BCUT2D eigenvalue weighted by Gasteiger charge is -2.07. The first kappa shape index (κ1) is 22.0. The fourth-order valence-corrected chi connectivity index (χ4v) is 4.75. The van der Waals surface area contributed by atoms with Crippen LogP contribution >= 0.6 is 0 Å². The maximum absolute atomic E-state index is 13.5. The van der Waals surface area contributed by atoms with Crippen molar-refractivity contribution in [1.29, 1.82) is 5.26 Å². The van der Waals surface area contributed by atoms with E-state index in [0.29, 0.717) is 33.8 Å². The van der Waals surface area contributed by atoms with Gasteiger partial charge in [-0.05, 0) is 23.8 Å². The molecule has 0 N–H and O–H groups in total. The predicted molar refractivity (Wildman–Crippen MR) is 141 cm³/mol. The zero-order chi connectivity index (χ0) is 25.5. The first-order valence-electron chi connectivity index (χ1n) is 11.6. The Bertz CT molecular complexity index is 1840. The third-order valence-electron chi connectivity index (χ3n) is 6.44. The number of fused-ring (bicyclic) bond motifs is 2. The van der Waals surface area contributed by atoms with Gasteiger partial charge in [0.1, 0.15) is 11.6 Å². The minimum absolute atomic E-state index is 0.128. The minimum atomic E-state index is -0.244. The number of rotatable bonds is 3. The van der Waals surface area contributed by atoms with E-state index in [-0.39, 0.29) is 17.1 Å². The lowest BCUT2D eigenvalue weighted by Crippen LogP contribution is -2.02. The molecule has 1 aliphatic carbocycles. The number of carbonyl (C=O) groups is 1. The summed E-state index contributed by atoms with van der Waals surface area (Å²) in [6.45, 7) is 7.55. The molecular formula is C30H18N6O. The van der Waals surface area contributed by atoms with Crippen molar-refractivity contribution in [3.63, 3.8) is 0 Å². The van der Waals surface area contributed by atoms with Crippen LogP contribution in [0.25, 0.3) is 44.9 Å². The maximum atomic E-state index is 13.5. The van der Waals surface area contributed by atoms with Crippen molar-refractivity contribution in [3.05, 3.63) is 125 Å². The molecule has 0 aliphatic heterocycles. The van der Waals surface area contributed by atoms with Crippen molar-refractivity contribution in [2.24, 2.45) is 7.05 Å². The largest absolute Gasteiger partial charge is 0.310 e. The molecule has 0 saturated heterocycles. The second-order valence-corrected chi connectivity index (χ2v) is 8.53. The number of nitriles is 1. The summed E-state index contributed by atoms with van der Waals surface area (Å²) < 4.78 is 3.82. The van der Waals surface area contributed by atoms with E-state index in [9.17, 15) is 10.1 Å². The Morgan fingerprint density at radius 1 is 0.919 bits per heavy atom. The molecule has 6 rings (SSSR count). The van der Waals surface area contributed by atoms with Crippen molar-refractivity contribution in [2.75, 3.05) is 0 Å². The highest BCUT2D eigenvalue weighted by Gasteiger charge is 2.33. The van der Waals surface area contributed by atoms with E-state index in [1.165, 1.54) is 0 Å². The molecule has 0 fully saturated rings. The summed E-state index contributed by atoms with van der Waals surface area (Å²) in [7, 11) is 1.91. The van der Waals surface area contributed by atoms with E-state index < -0.39 is 0 Å². The Balaban J connectivity index is 1.64. The van der Waals surface area contributed by atoms with Crippen molar-refractivity contribution in [3.8, 4) is 23.1 Å². The van der Waals surface area contributed by atoms with E-state index >= 15 is 0 Å². The van der Waals surface area contributed by atoms with Crippen LogP contribution < -0.4 is 0 Å². The van der Waals surface area contributed by atoms with Crippen LogP contribution in [0.3, 0.4) is 0 Å². The van der Waals surface area contributed by atoms with Gasteiger partial charge in [-0.25, -0.2) is 20.1 Å². The predicted octanol–water partition coefficient (Wildman–Crippen LogP) is 5.86. The molecule has 2 aromatic heterocycles. The highest BCUT2D eigenvalue weighted by atomic mass is 16.1. The Morgan fingerprint density at radius 2 is 1.57 bits per heavy atom. The van der Waals surface area contributed by atoms with Gasteiger partial charge in [0.2, 0.25) is 0 Å². The molecule has 7 nitrogen and oxygen atoms in total. The molecule has 0 spiro atoms. The number of para-hydroxylation sites is 1. The number of hydrogen-bond acceptors (Lipinski definition) is 4. The first-order chi connectivity index (χ1) is 18.1. The van der Waals surface area contributed by atoms with Gasteiger partial charge >= 0.3 is 0 Å². The number of aromatic nitrogens is 4. The number of aryl methyl sites for hydroxylation is 1. The van der Waals surface area contributed by atoms with Gasteiger partial charge in [0.25, 0.3) is 5.70 Å². The summed E-state index contributed by atoms with van der Waals surface area (Å²) in [6.07, 6.45) is 1.66. The van der Waals surface area contributed by atoms with E-state index in [1.54, 1.807) is 30.3 Å². The standard InChI is InChI=1S/C30H18N6O/c1-32-24(18-31)26-21-15-9-10-16-22(21)27(37)23(26)17-25-33-29-30(36(25)20-13-7-4-8-14-20)34-28(35(29)2)19-11-5-3-6-12-19/h3-17H,2H3/b23-17-,26-24-. The number of hydrogen-bond donors (Lipinski definition) is 0. The smallest absolute Gasteiger partial charge is 0.270 e. The monoisotopic (exact) mass is 478 g/mol. The number of carbonyl (C=O) groups excluding carboxylic acids is 1. The molecule has 2 heterocycles. The summed E-state index contributed by atoms with van der Waals surface area (Å²) >= 11 is 0. The molecule has 0 unspecified atom stereocenters. The molecule has 3 aromatic carbocycles. The highest BCUT2D eigenvalue weighted by Crippen LogP contribution is 2.40. The van der Waals surface area contributed by atoms with Crippen molar-refractivity contribution in [1.82, 2.24) is 19.1 Å². The van der Waals surface area contributed by atoms with Gasteiger partial charge in [-0.3, -0.25) is 9.36 Å². The number of imidazole rings is 2. The molecule has 174 valence electrons. The van der Waals surface area contributed by atoms with Crippen LogP contribution in [0.1, 0.15) is 21.7 Å². The Labute approximate surface area is 212 Å². The molecule has 0 radical (unpaired) electrons. The van der Waals surface area contributed by atoms with Gasteiger partial charge in [-0.2, -0.15) is 0 Å². The van der Waals surface area contributed by atoms with Crippen molar-refractivity contribution in [2.45, 2.75) is 0 Å². The first-order valence-corrected chi connectivity index (χ1v) is 11.6. The number of benzene rings is 3. The average Bonchev–Trinajstić information content (AvgIpc) is 3.55.